The van der Waals surface area contributed by atoms with Gasteiger partial charge in [-0.15, -0.1) is 0 Å². The third-order valence-corrected chi connectivity index (χ3v) is 4.66. The fourth-order valence-corrected chi connectivity index (χ4v) is 2.68. The highest BCUT2D eigenvalue weighted by atomic mass is 35.5. The first-order valence-corrected chi connectivity index (χ1v) is 8.74. The number of carbonyl (C=O) groups is 1. The van der Waals surface area contributed by atoms with Crippen molar-refractivity contribution in [2.24, 2.45) is 0 Å². The van der Waals surface area contributed by atoms with Gasteiger partial charge in [0, 0.05) is 11.6 Å². The van der Waals surface area contributed by atoms with E-state index >= 15 is 0 Å². The molecule has 3 rings (SSSR count). The largest absolute Gasteiger partial charge is 0.347 e. The maximum atomic E-state index is 12.1. The Morgan fingerprint density at radius 3 is 2.62 bits per heavy atom. The van der Waals surface area contributed by atoms with Gasteiger partial charge in [-0.25, -0.2) is 0 Å². The average molecular weight is 394 g/mol. The zero-order valence-electron chi connectivity index (χ0n) is 14.3. The quantitative estimate of drug-likeness (QED) is 0.694. The molecule has 0 aliphatic carbocycles. The molecule has 136 valence electrons. The molecule has 7 nitrogen and oxygen atoms in total. The molecule has 2 aromatic heterocycles. The first-order valence-electron chi connectivity index (χ1n) is 7.99. The molecule has 2 heterocycles. The lowest BCUT2D eigenvalue weighted by Gasteiger charge is -2.02. The van der Waals surface area contributed by atoms with Crippen LogP contribution in [0.15, 0.2) is 28.8 Å². The summed E-state index contributed by atoms with van der Waals surface area (Å²) in [6.07, 6.45) is 0.675. The third-order valence-electron chi connectivity index (χ3n) is 3.86. The summed E-state index contributed by atoms with van der Waals surface area (Å²) >= 11 is 12.0. The van der Waals surface area contributed by atoms with Crippen molar-refractivity contribution in [2.75, 3.05) is 6.54 Å². The first-order chi connectivity index (χ1) is 12.4. The van der Waals surface area contributed by atoms with Crippen molar-refractivity contribution in [1.29, 1.82) is 0 Å². The topological polar surface area (TPSA) is 85.8 Å². The SMILES string of the molecule is Cc1nn(Cc2noc(C(=O)NCCc3ccc(Cl)cc3)n2)c(C)c1Cl. The fourth-order valence-electron chi connectivity index (χ4n) is 2.42. The number of nitrogens with one attached hydrogen (secondary N) is 1. The van der Waals surface area contributed by atoms with E-state index in [9.17, 15) is 4.79 Å². The van der Waals surface area contributed by atoms with Crippen LogP contribution in [0.5, 0.6) is 0 Å². The summed E-state index contributed by atoms with van der Waals surface area (Å²) in [5.41, 5.74) is 2.61. The molecule has 1 amide bonds. The van der Waals surface area contributed by atoms with E-state index in [0.29, 0.717) is 28.8 Å². The van der Waals surface area contributed by atoms with Gasteiger partial charge in [-0.1, -0.05) is 40.5 Å². The molecule has 0 bridgehead atoms. The van der Waals surface area contributed by atoms with E-state index in [-0.39, 0.29) is 12.4 Å². The number of hydrogen-bond donors (Lipinski definition) is 1. The van der Waals surface area contributed by atoms with Gasteiger partial charge in [0.05, 0.1) is 16.4 Å². The molecular weight excluding hydrogens is 377 g/mol. The minimum atomic E-state index is -0.413. The molecule has 1 N–H and O–H groups in total. The molecule has 9 heteroatoms. The van der Waals surface area contributed by atoms with Gasteiger partial charge < -0.3 is 9.84 Å². The Kier molecular flexibility index (Phi) is 5.58. The molecule has 0 unspecified atom stereocenters. The summed E-state index contributed by atoms with van der Waals surface area (Å²) in [5.74, 6) is -0.136. The normalized spacial score (nSPS) is 10.9. The van der Waals surface area contributed by atoms with Crippen molar-refractivity contribution < 1.29 is 9.32 Å². The Hall–Kier alpha value is -2.38. The van der Waals surface area contributed by atoms with E-state index in [2.05, 4.69) is 20.6 Å². The molecule has 0 aliphatic heterocycles. The van der Waals surface area contributed by atoms with Crippen LogP contribution in [0.4, 0.5) is 0 Å². The highest BCUT2D eigenvalue weighted by Gasteiger charge is 2.17. The van der Waals surface area contributed by atoms with Crippen LogP contribution < -0.4 is 5.32 Å². The molecule has 0 atom stereocenters. The van der Waals surface area contributed by atoms with Gasteiger partial charge in [-0.05, 0) is 38.0 Å². The van der Waals surface area contributed by atoms with Crippen molar-refractivity contribution in [3.63, 3.8) is 0 Å². The van der Waals surface area contributed by atoms with E-state index in [4.69, 9.17) is 27.7 Å². The molecule has 0 saturated heterocycles. The molecule has 1 aromatic carbocycles. The second kappa shape index (κ2) is 7.88. The van der Waals surface area contributed by atoms with E-state index in [1.165, 1.54) is 0 Å². The molecule has 0 radical (unpaired) electrons. The smallest absolute Gasteiger partial charge is 0.316 e. The minimum Gasteiger partial charge on any atom is -0.347 e. The molecular formula is C17H17Cl2N5O2. The molecule has 0 saturated carbocycles. The number of aromatic nitrogens is 4. The summed E-state index contributed by atoms with van der Waals surface area (Å²) in [4.78, 5) is 16.2. The number of amides is 1. The van der Waals surface area contributed by atoms with Gasteiger partial charge in [0.25, 0.3) is 0 Å². The van der Waals surface area contributed by atoms with Gasteiger partial charge in [0.1, 0.15) is 6.54 Å². The first kappa shape index (κ1) is 18.4. The van der Waals surface area contributed by atoms with Gasteiger partial charge in [0.15, 0.2) is 5.82 Å². The van der Waals surface area contributed by atoms with Crippen molar-refractivity contribution in [2.45, 2.75) is 26.8 Å². The average Bonchev–Trinajstić information content (AvgIpc) is 3.18. The monoisotopic (exact) mass is 393 g/mol. The molecule has 26 heavy (non-hydrogen) atoms. The van der Waals surface area contributed by atoms with Crippen molar-refractivity contribution >= 4 is 29.1 Å². The Bertz CT molecular complexity index is 918. The van der Waals surface area contributed by atoms with Crippen molar-refractivity contribution in [1.82, 2.24) is 25.2 Å². The van der Waals surface area contributed by atoms with E-state index in [1.54, 1.807) is 4.68 Å². The van der Waals surface area contributed by atoms with Crippen LogP contribution >= 0.6 is 23.2 Å². The number of halogens is 2. The van der Waals surface area contributed by atoms with Gasteiger partial charge in [-0.3, -0.25) is 9.48 Å². The Labute approximate surface area is 160 Å². The van der Waals surface area contributed by atoms with Crippen molar-refractivity contribution in [3.05, 3.63) is 63.0 Å². The molecule has 0 fully saturated rings. The predicted molar refractivity (Wildman–Crippen MR) is 97.6 cm³/mol. The zero-order valence-corrected chi connectivity index (χ0v) is 15.8. The summed E-state index contributed by atoms with van der Waals surface area (Å²) in [6, 6.07) is 7.46. The minimum absolute atomic E-state index is 0.0799. The lowest BCUT2D eigenvalue weighted by atomic mass is 10.1. The summed E-state index contributed by atoms with van der Waals surface area (Å²) in [6.45, 7) is 4.40. The van der Waals surface area contributed by atoms with Gasteiger partial charge in [-0.2, -0.15) is 10.1 Å². The van der Waals surface area contributed by atoms with Crippen LogP contribution in [0.1, 0.15) is 33.5 Å². The Morgan fingerprint density at radius 2 is 1.96 bits per heavy atom. The van der Waals surface area contributed by atoms with Crippen LogP contribution in [-0.4, -0.2) is 32.4 Å². The standard InChI is InChI=1S/C17H17Cl2N5O2/c1-10-15(19)11(2)24(22-10)9-14-21-17(26-23-14)16(25)20-8-7-12-3-5-13(18)6-4-12/h3-6H,7-9H2,1-2H3,(H,20,25). The lowest BCUT2D eigenvalue weighted by Crippen LogP contribution is -2.26. The van der Waals surface area contributed by atoms with Crippen LogP contribution in [0.25, 0.3) is 0 Å². The predicted octanol–water partition coefficient (Wildman–Crippen LogP) is 3.21. The summed E-state index contributed by atoms with van der Waals surface area (Å²) in [7, 11) is 0. The van der Waals surface area contributed by atoms with Gasteiger partial charge in [0.2, 0.25) is 0 Å². The highest BCUT2D eigenvalue weighted by molar-refractivity contribution is 6.31. The second-order valence-corrected chi connectivity index (χ2v) is 6.60. The third kappa shape index (κ3) is 4.23. The number of benzene rings is 1. The fraction of sp³-hybridized carbons (Fsp3) is 0.294. The van der Waals surface area contributed by atoms with Crippen molar-refractivity contribution in [3.8, 4) is 0 Å². The Balaban J connectivity index is 1.55. The van der Waals surface area contributed by atoms with Crippen LogP contribution in [0.2, 0.25) is 10.0 Å². The number of aryl methyl sites for hydroxylation is 1. The van der Waals surface area contributed by atoms with E-state index in [1.807, 2.05) is 38.1 Å². The van der Waals surface area contributed by atoms with Crippen LogP contribution in [0.3, 0.4) is 0 Å². The summed E-state index contributed by atoms with van der Waals surface area (Å²) < 4.78 is 6.70. The molecule has 3 aromatic rings. The Morgan fingerprint density at radius 1 is 1.23 bits per heavy atom. The number of nitrogens with zero attached hydrogens (tertiary/aromatic N) is 4. The van der Waals surface area contributed by atoms with Crippen LogP contribution in [-0.2, 0) is 13.0 Å². The van der Waals surface area contributed by atoms with E-state index in [0.717, 1.165) is 17.0 Å². The maximum absolute atomic E-state index is 12.1. The highest BCUT2D eigenvalue weighted by Crippen LogP contribution is 2.19. The van der Waals surface area contributed by atoms with E-state index < -0.39 is 5.91 Å². The van der Waals surface area contributed by atoms with Gasteiger partial charge >= 0.3 is 11.8 Å². The number of rotatable bonds is 6. The second-order valence-electron chi connectivity index (χ2n) is 5.79. The lowest BCUT2D eigenvalue weighted by molar-refractivity contribution is 0.0910. The molecule has 0 aliphatic rings. The number of carbonyl (C=O) groups excluding carboxylic acids is 1. The maximum Gasteiger partial charge on any atom is 0.316 e. The molecule has 0 spiro atoms. The zero-order chi connectivity index (χ0) is 18.7. The summed E-state index contributed by atoms with van der Waals surface area (Å²) in [5, 5.41) is 12.2. The number of hydrogen-bond acceptors (Lipinski definition) is 5. The van der Waals surface area contributed by atoms with Crippen LogP contribution in [0, 0.1) is 13.8 Å².